The summed E-state index contributed by atoms with van der Waals surface area (Å²) in [5.74, 6) is -1.57. The number of nitrogens with one attached hydrogen (secondary N) is 2. The fourth-order valence-electron chi connectivity index (χ4n) is 3.01. The molecule has 0 spiro atoms. The molecule has 2 rings (SSSR count). The largest absolute Gasteiger partial charge is 0.467 e. The van der Waals surface area contributed by atoms with E-state index in [1.807, 2.05) is 18.2 Å². The highest BCUT2D eigenvalue weighted by atomic mass is 16.6. The Labute approximate surface area is 191 Å². The molecule has 0 heterocycles. The Morgan fingerprint density at radius 3 is 2.15 bits per heavy atom. The molecule has 2 amide bonds. The fraction of sp³-hybridized carbons (Fsp3) is 0.348. The SMILES string of the molecule is COC(=O)[C@@H](Cc1ccc([N+](=O)[O-])cc1)NC(=O)[C@H](NC(=O)OCc1ccccc1)C(C)C. The van der Waals surface area contributed by atoms with Crippen LogP contribution < -0.4 is 10.6 Å². The summed E-state index contributed by atoms with van der Waals surface area (Å²) in [6, 6.07) is 12.7. The van der Waals surface area contributed by atoms with Gasteiger partial charge in [-0.05, 0) is 17.0 Å². The first-order chi connectivity index (χ1) is 15.7. The highest BCUT2D eigenvalue weighted by Crippen LogP contribution is 2.14. The number of alkyl carbamates (subject to hydrolysis) is 1. The Morgan fingerprint density at radius 1 is 0.970 bits per heavy atom. The van der Waals surface area contributed by atoms with Crippen molar-refractivity contribution >= 4 is 23.7 Å². The predicted octanol–water partition coefficient (Wildman–Crippen LogP) is 2.75. The molecule has 0 saturated heterocycles. The molecule has 0 fully saturated rings. The molecular weight excluding hydrogens is 430 g/mol. The number of nitrogens with zero attached hydrogens (tertiary/aromatic N) is 1. The first kappa shape index (κ1) is 25.3. The molecule has 2 aromatic rings. The molecule has 0 aliphatic rings. The molecule has 0 unspecified atom stereocenters. The number of nitro groups is 1. The number of hydrogen-bond donors (Lipinski definition) is 2. The number of rotatable bonds is 10. The average Bonchev–Trinajstić information content (AvgIpc) is 2.80. The molecule has 0 aliphatic heterocycles. The van der Waals surface area contributed by atoms with Crippen LogP contribution in [-0.4, -0.2) is 42.1 Å². The Balaban J connectivity index is 2.03. The van der Waals surface area contributed by atoms with E-state index in [9.17, 15) is 24.5 Å². The van der Waals surface area contributed by atoms with Gasteiger partial charge in [0, 0.05) is 18.6 Å². The topological polar surface area (TPSA) is 137 Å². The molecule has 0 saturated carbocycles. The summed E-state index contributed by atoms with van der Waals surface area (Å²) in [7, 11) is 1.19. The lowest BCUT2D eigenvalue weighted by Crippen LogP contribution is -2.54. The summed E-state index contributed by atoms with van der Waals surface area (Å²) in [5, 5.41) is 15.9. The van der Waals surface area contributed by atoms with E-state index in [0.29, 0.717) is 5.56 Å². The van der Waals surface area contributed by atoms with Crippen LogP contribution in [0.25, 0.3) is 0 Å². The minimum atomic E-state index is -1.05. The van der Waals surface area contributed by atoms with Crippen molar-refractivity contribution in [2.45, 2.75) is 39.0 Å². The number of benzene rings is 2. The van der Waals surface area contributed by atoms with E-state index in [1.54, 1.807) is 26.0 Å². The predicted molar refractivity (Wildman–Crippen MR) is 119 cm³/mol. The lowest BCUT2D eigenvalue weighted by molar-refractivity contribution is -0.384. The van der Waals surface area contributed by atoms with Crippen LogP contribution in [0.5, 0.6) is 0 Å². The van der Waals surface area contributed by atoms with Gasteiger partial charge in [-0.2, -0.15) is 0 Å². The van der Waals surface area contributed by atoms with Gasteiger partial charge >= 0.3 is 12.1 Å². The van der Waals surface area contributed by atoms with Gasteiger partial charge in [0.25, 0.3) is 5.69 Å². The maximum atomic E-state index is 12.9. The number of esters is 1. The highest BCUT2D eigenvalue weighted by molar-refractivity contribution is 5.90. The third-order valence-electron chi connectivity index (χ3n) is 4.82. The Morgan fingerprint density at radius 2 is 1.61 bits per heavy atom. The van der Waals surface area contributed by atoms with Crippen molar-refractivity contribution in [3.8, 4) is 0 Å². The van der Waals surface area contributed by atoms with Crippen LogP contribution in [0.15, 0.2) is 54.6 Å². The average molecular weight is 457 g/mol. The number of hydrogen-bond acceptors (Lipinski definition) is 7. The normalized spacial score (nSPS) is 12.4. The van der Waals surface area contributed by atoms with E-state index >= 15 is 0 Å². The van der Waals surface area contributed by atoms with Crippen molar-refractivity contribution in [1.29, 1.82) is 0 Å². The molecule has 33 heavy (non-hydrogen) atoms. The number of amides is 2. The van der Waals surface area contributed by atoms with Crippen molar-refractivity contribution in [3.63, 3.8) is 0 Å². The monoisotopic (exact) mass is 457 g/mol. The van der Waals surface area contributed by atoms with Gasteiger partial charge in [-0.3, -0.25) is 14.9 Å². The van der Waals surface area contributed by atoms with E-state index in [4.69, 9.17) is 9.47 Å². The Hall–Kier alpha value is -3.95. The van der Waals surface area contributed by atoms with Crippen LogP contribution in [0.2, 0.25) is 0 Å². The van der Waals surface area contributed by atoms with Gasteiger partial charge in [-0.1, -0.05) is 56.3 Å². The van der Waals surface area contributed by atoms with Gasteiger partial charge in [-0.25, -0.2) is 9.59 Å². The molecule has 10 nitrogen and oxygen atoms in total. The molecule has 10 heteroatoms. The number of nitro benzene ring substituents is 1. The molecule has 2 N–H and O–H groups in total. The first-order valence-corrected chi connectivity index (χ1v) is 10.3. The standard InChI is InChI=1S/C23H27N3O7/c1-15(2)20(25-23(29)33-14-17-7-5-4-6-8-17)21(27)24-19(22(28)32-3)13-16-9-11-18(12-10-16)26(30)31/h4-12,15,19-20H,13-14H2,1-3H3,(H,24,27)(H,25,29)/t19-,20-/m1/s1. The molecule has 0 aliphatic carbocycles. The van der Waals surface area contributed by atoms with Gasteiger partial charge in [0.15, 0.2) is 0 Å². The maximum Gasteiger partial charge on any atom is 0.408 e. The first-order valence-electron chi connectivity index (χ1n) is 10.3. The lowest BCUT2D eigenvalue weighted by atomic mass is 10.0. The number of carbonyl (C=O) groups is 3. The second kappa shape index (κ2) is 12.2. The van der Waals surface area contributed by atoms with Crippen molar-refractivity contribution in [1.82, 2.24) is 10.6 Å². The summed E-state index contributed by atoms with van der Waals surface area (Å²) in [6.07, 6.45) is -0.711. The number of carbonyl (C=O) groups excluding carboxylic acids is 3. The molecular formula is C23H27N3O7. The molecule has 0 radical (unpaired) electrons. The molecule has 2 aromatic carbocycles. The van der Waals surface area contributed by atoms with Gasteiger partial charge in [0.2, 0.25) is 5.91 Å². The Bertz CT molecular complexity index is 962. The third kappa shape index (κ3) is 7.91. The number of ether oxygens (including phenoxy) is 2. The van der Waals surface area contributed by atoms with Crippen molar-refractivity contribution in [2.24, 2.45) is 5.92 Å². The highest BCUT2D eigenvalue weighted by Gasteiger charge is 2.30. The van der Waals surface area contributed by atoms with Crippen LogP contribution in [-0.2, 0) is 32.1 Å². The lowest BCUT2D eigenvalue weighted by Gasteiger charge is -2.24. The summed E-state index contributed by atoms with van der Waals surface area (Å²) < 4.78 is 9.96. The Kier molecular flexibility index (Phi) is 9.34. The quantitative estimate of drug-likeness (QED) is 0.318. The summed E-state index contributed by atoms with van der Waals surface area (Å²) in [4.78, 5) is 47.6. The van der Waals surface area contributed by atoms with E-state index in [0.717, 1.165) is 5.56 Å². The third-order valence-corrected chi connectivity index (χ3v) is 4.82. The number of methoxy groups -OCH3 is 1. The molecule has 0 bridgehead atoms. The minimum absolute atomic E-state index is 0.0457. The second-order valence-corrected chi connectivity index (χ2v) is 7.64. The number of non-ortho nitro benzene ring substituents is 1. The molecule has 2 atom stereocenters. The van der Waals surface area contributed by atoms with Crippen molar-refractivity contribution in [2.75, 3.05) is 7.11 Å². The zero-order valence-electron chi connectivity index (χ0n) is 18.6. The van der Waals surface area contributed by atoms with E-state index in [2.05, 4.69) is 10.6 Å². The maximum absolute atomic E-state index is 12.9. The summed E-state index contributed by atoms with van der Waals surface area (Å²) in [6.45, 7) is 3.53. The van der Waals surface area contributed by atoms with E-state index < -0.39 is 35.0 Å². The van der Waals surface area contributed by atoms with E-state index in [-0.39, 0.29) is 24.6 Å². The van der Waals surface area contributed by atoms with Crippen LogP contribution in [0.1, 0.15) is 25.0 Å². The van der Waals surface area contributed by atoms with Crippen molar-refractivity contribution < 1.29 is 28.8 Å². The van der Waals surface area contributed by atoms with Crippen LogP contribution in [0.3, 0.4) is 0 Å². The smallest absolute Gasteiger partial charge is 0.408 e. The van der Waals surface area contributed by atoms with Gasteiger partial charge in [0.05, 0.1) is 12.0 Å². The zero-order valence-corrected chi connectivity index (χ0v) is 18.6. The minimum Gasteiger partial charge on any atom is -0.467 e. The molecule has 176 valence electrons. The summed E-state index contributed by atoms with van der Waals surface area (Å²) in [5.41, 5.74) is 1.30. The van der Waals surface area contributed by atoms with Crippen molar-refractivity contribution in [3.05, 3.63) is 75.8 Å². The second-order valence-electron chi connectivity index (χ2n) is 7.64. The van der Waals surface area contributed by atoms with E-state index in [1.165, 1.54) is 31.4 Å². The van der Waals surface area contributed by atoms with Crippen LogP contribution in [0.4, 0.5) is 10.5 Å². The summed E-state index contributed by atoms with van der Waals surface area (Å²) >= 11 is 0. The zero-order chi connectivity index (χ0) is 24.4. The van der Waals surface area contributed by atoms with Crippen LogP contribution >= 0.6 is 0 Å². The van der Waals surface area contributed by atoms with Gasteiger partial charge < -0.3 is 20.1 Å². The molecule has 0 aromatic heterocycles. The van der Waals surface area contributed by atoms with Gasteiger partial charge in [0.1, 0.15) is 18.7 Å². The fourth-order valence-corrected chi connectivity index (χ4v) is 3.01. The van der Waals surface area contributed by atoms with Crippen LogP contribution in [0, 0.1) is 16.0 Å². The van der Waals surface area contributed by atoms with Gasteiger partial charge in [-0.15, -0.1) is 0 Å².